The minimum atomic E-state index is -2.64. The summed E-state index contributed by atoms with van der Waals surface area (Å²) in [5, 5.41) is 7.31. The first-order valence-corrected chi connectivity index (χ1v) is 10.1. The Balaban J connectivity index is 2.00. The molecular formula is C20H25ClF2N4O4. The van der Waals surface area contributed by atoms with Crippen molar-refractivity contribution in [1.82, 2.24) is 15.5 Å². The molecule has 3 N–H and O–H groups in total. The number of anilines is 1. The van der Waals surface area contributed by atoms with Crippen molar-refractivity contribution in [2.24, 2.45) is 5.92 Å². The van der Waals surface area contributed by atoms with Crippen LogP contribution in [0.4, 0.5) is 19.3 Å². The maximum absolute atomic E-state index is 13.3. The number of hydrogen-bond acceptors (Lipinski definition) is 4. The van der Waals surface area contributed by atoms with Gasteiger partial charge >= 0.3 is 6.03 Å². The zero-order chi connectivity index (χ0) is 23.2. The Labute approximate surface area is 183 Å². The number of nitrogens with one attached hydrogen (secondary N) is 3. The van der Waals surface area contributed by atoms with E-state index in [1.807, 2.05) is 0 Å². The molecule has 1 aliphatic carbocycles. The topological polar surface area (TPSA) is 108 Å². The first-order valence-electron chi connectivity index (χ1n) is 9.75. The fourth-order valence-corrected chi connectivity index (χ4v) is 3.42. The van der Waals surface area contributed by atoms with Gasteiger partial charge < -0.3 is 20.9 Å². The van der Waals surface area contributed by atoms with Crippen LogP contribution in [0.25, 0.3) is 0 Å². The van der Waals surface area contributed by atoms with Gasteiger partial charge in [0.15, 0.2) is 0 Å². The highest BCUT2D eigenvalue weighted by molar-refractivity contribution is 6.37. The number of halogens is 3. The molecule has 0 unspecified atom stereocenters. The van der Waals surface area contributed by atoms with Crippen LogP contribution >= 0.6 is 11.6 Å². The molecule has 0 aromatic heterocycles. The molecule has 1 aromatic rings. The molecule has 1 aliphatic rings. The second kappa shape index (κ2) is 10.5. The molecule has 4 amide bonds. The van der Waals surface area contributed by atoms with Crippen molar-refractivity contribution in [2.45, 2.75) is 31.6 Å². The fraction of sp³-hybridized carbons (Fsp3) is 0.500. The second-order valence-corrected chi connectivity index (χ2v) is 7.92. The van der Waals surface area contributed by atoms with Crippen molar-refractivity contribution in [3.05, 3.63) is 28.8 Å². The number of hydrogen-bond donors (Lipinski definition) is 3. The van der Waals surface area contributed by atoms with Crippen molar-refractivity contribution in [3.63, 3.8) is 0 Å². The van der Waals surface area contributed by atoms with Gasteiger partial charge in [-0.15, -0.1) is 0 Å². The highest BCUT2D eigenvalue weighted by atomic mass is 35.5. The lowest BCUT2D eigenvalue weighted by molar-refractivity contribution is -0.136. The highest BCUT2D eigenvalue weighted by Crippen LogP contribution is 2.36. The number of urea groups is 1. The van der Waals surface area contributed by atoms with Crippen LogP contribution in [-0.2, 0) is 9.59 Å². The summed E-state index contributed by atoms with van der Waals surface area (Å²) in [4.78, 5) is 49.3. The molecule has 0 bridgehead atoms. The summed E-state index contributed by atoms with van der Waals surface area (Å²) in [5.74, 6) is -5.04. The SMILES string of the molecule is CNC(=O)C(=O)CNC(=O)c1cc(Cl)ccc1NC(=O)N(C)CC1CCC(F)(F)CC1. The molecule has 0 aliphatic heterocycles. The van der Waals surface area contributed by atoms with Gasteiger partial charge in [0.2, 0.25) is 11.7 Å². The Kier molecular flexibility index (Phi) is 8.32. The number of carbonyl (C=O) groups is 4. The standard InChI is InChI=1S/C20H25ClF2N4O4/c1-24-18(30)16(28)10-25-17(29)14-9-13(21)3-4-15(14)26-19(31)27(2)11-12-5-7-20(22,23)8-6-12/h3-4,9,12H,5-8,10-11H2,1-2H3,(H,24,30)(H,25,29)(H,26,31). The maximum Gasteiger partial charge on any atom is 0.321 e. The molecule has 170 valence electrons. The van der Waals surface area contributed by atoms with Crippen LogP contribution in [0.15, 0.2) is 18.2 Å². The van der Waals surface area contributed by atoms with Crippen LogP contribution in [0.3, 0.4) is 0 Å². The summed E-state index contributed by atoms with van der Waals surface area (Å²) in [6, 6.07) is 3.72. The molecule has 0 spiro atoms. The number of alkyl halides is 2. The summed E-state index contributed by atoms with van der Waals surface area (Å²) in [6.07, 6.45) is 0.282. The smallest absolute Gasteiger partial charge is 0.321 e. The average molecular weight is 459 g/mol. The minimum Gasteiger partial charge on any atom is -0.353 e. The Hall–Kier alpha value is -2.75. The van der Waals surface area contributed by atoms with Gasteiger partial charge in [-0.1, -0.05) is 11.6 Å². The van der Waals surface area contributed by atoms with Crippen LogP contribution in [0.1, 0.15) is 36.0 Å². The number of carbonyl (C=O) groups excluding carboxylic acids is 4. The van der Waals surface area contributed by atoms with E-state index in [1.165, 1.54) is 30.1 Å². The van der Waals surface area contributed by atoms with Gasteiger partial charge in [0.1, 0.15) is 0 Å². The van der Waals surface area contributed by atoms with E-state index in [1.54, 1.807) is 7.05 Å². The van der Waals surface area contributed by atoms with E-state index in [9.17, 15) is 28.0 Å². The van der Waals surface area contributed by atoms with E-state index < -0.39 is 36.1 Å². The summed E-state index contributed by atoms with van der Waals surface area (Å²) in [5.41, 5.74) is 0.164. The van der Waals surface area contributed by atoms with E-state index in [0.717, 1.165) is 0 Å². The summed E-state index contributed by atoms with van der Waals surface area (Å²) in [6.45, 7) is -0.220. The van der Waals surface area contributed by atoms with Crippen molar-refractivity contribution in [2.75, 3.05) is 32.5 Å². The van der Waals surface area contributed by atoms with Gasteiger partial charge in [0, 0.05) is 38.5 Å². The molecule has 0 radical (unpaired) electrons. The van der Waals surface area contributed by atoms with Gasteiger partial charge in [-0.05, 0) is 37.0 Å². The molecule has 0 saturated heterocycles. The molecular weight excluding hydrogens is 434 g/mol. The van der Waals surface area contributed by atoms with Crippen molar-refractivity contribution >= 4 is 40.9 Å². The molecule has 8 nitrogen and oxygen atoms in total. The number of nitrogens with zero attached hydrogens (tertiary/aromatic N) is 1. The summed E-state index contributed by atoms with van der Waals surface area (Å²) < 4.78 is 26.6. The van der Waals surface area contributed by atoms with Crippen LogP contribution in [0, 0.1) is 5.92 Å². The molecule has 1 saturated carbocycles. The molecule has 0 heterocycles. The number of Topliss-reactive ketones (excluding diaryl/α,β-unsaturated/α-hetero) is 1. The molecule has 11 heteroatoms. The maximum atomic E-state index is 13.3. The second-order valence-electron chi connectivity index (χ2n) is 7.48. The average Bonchev–Trinajstić information content (AvgIpc) is 2.73. The first kappa shape index (κ1) is 24.5. The Bertz CT molecular complexity index is 856. The van der Waals surface area contributed by atoms with Gasteiger partial charge in [-0.25, -0.2) is 13.6 Å². The van der Waals surface area contributed by atoms with Crippen LogP contribution in [0.5, 0.6) is 0 Å². The van der Waals surface area contributed by atoms with E-state index in [2.05, 4.69) is 16.0 Å². The zero-order valence-electron chi connectivity index (χ0n) is 17.3. The number of ketones is 1. The highest BCUT2D eigenvalue weighted by Gasteiger charge is 2.35. The van der Waals surface area contributed by atoms with E-state index in [4.69, 9.17) is 11.6 Å². The number of benzene rings is 1. The summed E-state index contributed by atoms with van der Waals surface area (Å²) in [7, 11) is 2.84. The quantitative estimate of drug-likeness (QED) is 0.546. The van der Waals surface area contributed by atoms with E-state index in [0.29, 0.717) is 19.4 Å². The van der Waals surface area contributed by atoms with E-state index in [-0.39, 0.29) is 35.0 Å². The van der Waals surface area contributed by atoms with Crippen molar-refractivity contribution < 1.29 is 28.0 Å². The number of likely N-dealkylation sites (N-methyl/N-ethyl adjacent to an activating group) is 1. The number of rotatable bonds is 7. The van der Waals surface area contributed by atoms with Crippen LogP contribution in [0.2, 0.25) is 5.02 Å². The molecule has 1 aromatic carbocycles. The lowest BCUT2D eigenvalue weighted by atomic mass is 9.86. The number of amides is 4. The first-order chi connectivity index (χ1) is 14.5. The zero-order valence-corrected chi connectivity index (χ0v) is 18.0. The third kappa shape index (κ3) is 7.16. The minimum absolute atomic E-state index is 0.0104. The Morgan fingerprint density at radius 2 is 1.84 bits per heavy atom. The van der Waals surface area contributed by atoms with Crippen LogP contribution in [-0.4, -0.2) is 61.6 Å². The van der Waals surface area contributed by atoms with Crippen molar-refractivity contribution in [1.29, 1.82) is 0 Å². The Morgan fingerprint density at radius 3 is 2.45 bits per heavy atom. The van der Waals surface area contributed by atoms with Gasteiger partial charge in [0.25, 0.3) is 11.8 Å². The molecule has 0 atom stereocenters. The predicted molar refractivity (Wildman–Crippen MR) is 111 cm³/mol. The predicted octanol–water partition coefficient (Wildman–Crippen LogP) is 2.67. The van der Waals surface area contributed by atoms with Crippen molar-refractivity contribution in [3.8, 4) is 0 Å². The largest absolute Gasteiger partial charge is 0.353 e. The monoisotopic (exact) mass is 458 g/mol. The lowest BCUT2D eigenvalue weighted by Gasteiger charge is -2.31. The summed E-state index contributed by atoms with van der Waals surface area (Å²) >= 11 is 5.95. The lowest BCUT2D eigenvalue weighted by Crippen LogP contribution is -2.39. The van der Waals surface area contributed by atoms with Crippen LogP contribution < -0.4 is 16.0 Å². The molecule has 2 rings (SSSR count). The van der Waals surface area contributed by atoms with Gasteiger partial charge in [-0.2, -0.15) is 0 Å². The van der Waals surface area contributed by atoms with E-state index >= 15 is 0 Å². The normalized spacial score (nSPS) is 15.6. The third-order valence-corrected chi connectivity index (χ3v) is 5.31. The molecule has 1 fully saturated rings. The van der Waals surface area contributed by atoms with Gasteiger partial charge in [0.05, 0.1) is 17.8 Å². The Morgan fingerprint density at radius 1 is 1.19 bits per heavy atom. The third-order valence-electron chi connectivity index (χ3n) is 5.07. The van der Waals surface area contributed by atoms with Gasteiger partial charge in [-0.3, -0.25) is 14.4 Å². The molecule has 31 heavy (non-hydrogen) atoms. The fourth-order valence-electron chi connectivity index (χ4n) is 3.25.